The van der Waals surface area contributed by atoms with Crippen molar-refractivity contribution < 1.29 is 26.7 Å². The number of hydrogen-bond acceptors (Lipinski definition) is 4. The molecule has 0 saturated heterocycles. The van der Waals surface area contributed by atoms with E-state index in [0.717, 1.165) is 12.5 Å². The molecular formula is C7H10F3N3O3S. The molecule has 0 unspecified atom stereocenters. The highest BCUT2D eigenvalue weighted by molar-refractivity contribution is 7.89. The van der Waals surface area contributed by atoms with E-state index in [1.165, 1.54) is 0 Å². The highest BCUT2D eigenvalue weighted by atomic mass is 32.2. The smallest absolute Gasteiger partial charge is 0.395 e. The number of aliphatic hydroxyl groups is 1. The Balaban J connectivity index is 2.99. The van der Waals surface area contributed by atoms with Crippen LogP contribution in [0.2, 0.25) is 0 Å². The van der Waals surface area contributed by atoms with Gasteiger partial charge in [0.25, 0.3) is 10.0 Å². The molecule has 0 saturated carbocycles. The highest BCUT2D eigenvalue weighted by Crippen LogP contribution is 2.21. The number of H-pyrrole nitrogens is 1. The van der Waals surface area contributed by atoms with E-state index in [1.807, 2.05) is 0 Å². The standard InChI is InChI=1S/C7H10F3N3O3S/c8-7(9,10)4-13(1-2-14)17(15,16)6-3-11-5-12-6/h3,5,14H,1-2,4H2,(H,11,12). The molecule has 0 atom stereocenters. The van der Waals surface area contributed by atoms with Crippen molar-refractivity contribution in [1.29, 1.82) is 0 Å². The van der Waals surface area contributed by atoms with Crippen LogP contribution in [0.15, 0.2) is 17.6 Å². The SMILES string of the molecule is O=S(=O)(c1cnc[nH]1)N(CCO)CC(F)(F)F. The normalized spacial score (nSPS) is 13.2. The molecule has 98 valence electrons. The topological polar surface area (TPSA) is 86.3 Å². The first-order valence-corrected chi connectivity index (χ1v) is 5.87. The molecule has 1 aromatic rings. The minimum atomic E-state index is -4.68. The number of alkyl halides is 3. The lowest BCUT2D eigenvalue weighted by Crippen LogP contribution is -2.40. The Labute approximate surface area is 95.1 Å². The predicted molar refractivity (Wildman–Crippen MR) is 50.5 cm³/mol. The van der Waals surface area contributed by atoms with Crippen molar-refractivity contribution >= 4 is 10.0 Å². The Morgan fingerprint density at radius 1 is 1.47 bits per heavy atom. The van der Waals surface area contributed by atoms with Crippen LogP contribution in [0.4, 0.5) is 13.2 Å². The fourth-order valence-electron chi connectivity index (χ4n) is 1.12. The van der Waals surface area contributed by atoms with Crippen molar-refractivity contribution in [3.63, 3.8) is 0 Å². The number of imidazole rings is 1. The minimum Gasteiger partial charge on any atom is -0.395 e. The quantitative estimate of drug-likeness (QED) is 0.788. The number of aliphatic hydroxyl groups excluding tert-OH is 1. The summed E-state index contributed by atoms with van der Waals surface area (Å²) >= 11 is 0. The van der Waals surface area contributed by atoms with Gasteiger partial charge >= 0.3 is 6.18 Å². The van der Waals surface area contributed by atoms with Crippen LogP contribution in [0, 0.1) is 0 Å². The summed E-state index contributed by atoms with van der Waals surface area (Å²) in [6, 6.07) is 0. The molecule has 6 nitrogen and oxygen atoms in total. The fourth-order valence-corrected chi connectivity index (χ4v) is 2.43. The molecule has 0 fully saturated rings. The van der Waals surface area contributed by atoms with Gasteiger partial charge in [0, 0.05) is 6.54 Å². The van der Waals surface area contributed by atoms with Crippen LogP contribution in [0.3, 0.4) is 0 Å². The molecule has 10 heteroatoms. The molecule has 0 aliphatic heterocycles. The van der Waals surface area contributed by atoms with Gasteiger partial charge in [-0.1, -0.05) is 0 Å². The van der Waals surface area contributed by atoms with Gasteiger partial charge in [0.15, 0.2) is 5.03 Å². The van der Waals surface area contributed by atoms with Gasteiger partial charge in [-0.25, -0.2) is 13.4 Å². The van der Waals surface area contributed by atoms with Crippen molar-refractivity contribution in [2.45, 2.75) is 11.2 Å². The number of rotatable bonds is 5. The number of aromatic nitrogens is 2. The van der Waals surface area contributed by atoms with Gasteiger partial charge in [0.2, 0.25) is 0 Å². The molecule has 0 amide bonds. The highest BCUT2D eigenvalue weighted by Gasteiger charge is 2.37. The maximum atomic E-state index is 12.2. The molecule has 1 aromatic heterocycles. The lowest BCUT2D eigenvalue weighted by atomic mass is 10.6. The lowest BCUT2D eigenvalue weighted by molar-refractivity contribution is -0.136. The van der Waals surface area contributed by atoms with Gasteiger partial charge in [0.1, 0.15) is 6.54 Å². The van der Waals surface area contributed by atoms with Crippen molar-refractivity contribution in [2.75, 3.05) is 19.7 Å². The monoisotopic (exact) mass is 273 g/mol. The van der Waals surface area contributed by atoms with Gasteiger partial charge in [-0.05, 0) is 0 Å². The minimum absolute atomic E-state index is 0.139. The van der Waals surface area contributed by atoms with Crippen molar-refractivity contribution in [2.24, 2.45) is 0 Å². The first-order chi connectivity index (χ1) is 7.77. The molecule has 0 radical (unpaired) electrons. The van der Waals surface area contributed by atoms with Crippen LogP contribution in [0.25, 0.3) is 0 Å². The molecule has 0 aliphatic rings. The Bertz CT molecular complexity index is 443. The van der Waals surface area contributed by atoms with E-state index in [4.69, 9.17) is 5.11 Å². The number of nitrogens with zero attached hydrogens (tertiary/aromatic N) is 2. The Morgan fingerprint density at radius 2 is 2.12 bits per heavy atom. The van der Waals surface area contributed by atoms with Crippen LogP contribution in [0.5, 0.6) is 0 Å². The predicted octanol–water partition coefficient (Wildman–Crippen LogP) is -0.0450. The van der Waals surface area contributed by atoms with Gasteiger partial charge in [-0.2, -0.15) is 17.5 Å². The summed E-state index contributed by atoms with van der Waals surface area (Å²) in [6.45, 7) is -3.00. The summed E-state index contributed by atoms with van der Waals surface area (Å²) in [5, 5.41) is 8.15. The van der Waals surface area contributed by atoms with Crippen molar-refractivity contribution in [3.8, 4) is 0 Å². The molecular weight excluding hydrogens is 263 g/mol. The second-order valence-electron chi connectivity index (χ2n) is 3.09. The first kappa shape index (κ1) is 13.9. The Kier molecular flexibility index (Phi) is 4.11. The molecule has 1 heterocycles. The van der Waals surface area contributed by atoms with E-state index in [9.17, 15) is 21.6 Å². The zero-order valence-electron chi connectivity index (χ0n) is 8.48. The number of hydrogen-bond donors (Lipinski definition) is 2. The summed E-state index contributed by atoms with van der Waals surface area (Å²) in [5.41, 5.74) is 0. The second-order valence-corrected chi connectivity index (χ2v) is 5.00. The third kappa shape index (κ3) is 3.68. The number of nitrogens with one attached hydrogen (secondary N) is 1. The van der Waals surface area contributed by atoms with E-state index >= 15 is 0 Å². The van der Waals surface area contributed by atoms with E-state index in [0.29, 0.717) is 0 Å². The number of aromatic amines is 1. The second kappa shape index (κ2) is 5.02. The molecule has 2 N–H and O–H groups in total. The average molecular weight is 273 g/mol. The average Bonchev–Trinajstić information content (AvgIpc) is 2.68. The van der Waals surface area contributed by atoms with Crippen LogP contribution in [0.1, 0.15) is 0 Å². The van der Waals surface area contributed by atoms with Crippen molar-refractivity contribution in [1.82, 2.24) is 14.3 Å². The maximum absolute atomic E-state index is 12.2. The van der Waals surface area contributed by atoms with Gasteiger partial charge in [0.05, 0.1) is 19.1 Å². The first-order valence-electron chi connectivity index (χ1n) is 4.43. The maximum Gasteiger partial charge on any atom is 0.402 e. The zero-order valence-corrected chi connectivity index (χ0v) is 9.29. The number of halogens is 3. The Morgan fingerprint density at radius 3 is 2.53 bits per heavy atom. The van der Waals surface area contributed by atoms with E-state index in [2.05, 4.69) is 9.97 Å². The van der Waals surface area contributed by atoms with Gasteiger partial charge in [-0.3, -0.25) is 0 Å². The van der Waals surface area contributed by atoms with E-state index in [1.54, 1.807) is 0 Å². The Hall–Kier alpha value is -1.13. The van der Waals surface area contributed by atoms with Crippen LogP contribution in [-0.2, 0) is 10.0 Å². The summed E-state index contributed by atoms with van der Waals surface area (Å²) < 4.78 is 60.1. The summed E-state index contributed by atoms with van der Waals surface area (Å²) in [6.07, 6.45) is -2.74. The molecule has 0 aliphatic carbocycles. The molecule has 0 spiro atoms. The lowest BCUT2D eigenvalue weighted by Gasteiger charge is -2.21. The number of sulfonamides is 1. The molecule has 0 aromatic carbocycles. The molecule has 1 rings (SSSR count). The van der Waals surface area contributed by atoms with E-state index < -0.39 is 40.9 Å². The van der Waals surface area contributed by atoms with Gasteiger partial charge in [-0.15, -0.1) is 0 Å². The fraction of sp³-hybridized carbons (Fsp3) is 0.571. The summed E-state index contributed by atoms with van der Waals surface area (Å²) in [4.78, 5) is 5.63. The van der Waals surface area contributed by atoms with Crippen molar-refractivity contribution in [3.05, 3.63) is 12.5 Å². The summed E-state index contributed by atoms with van der Waals surface area (Å²) in [5.74, 6) is 0. The van der Waals surface area contributed by atoms with E-state index in [-0.39, 0.29) is 4.31 Å². The third-order valence-electron chi connectivity index (χ3n) is 1.80. The molecule has 0 bridgehead atoms. The third-order valence-corrected chi connectivity index (χ3v) is 3.57. The summed E-state index contributed by atoms with van der Waals surface area (Å²) in [7, 11) is -4.32. The molecule has 17 heavy (non-hydrogen) atoms. The van der Waals surface area contributed by atoms with Crippen LogP contribution < -0.4 is 0 Å². The largest absolute Gasteiger partial charge is 0.402 e. The zero-order chi connectivity index (χ0) is 13.1. The van der Waals surface area contributed by atoms with Crippen LogP contribution in [-0.4, -0.2) is 53.7 Å². The van der Waals surface area contributed by atoms with Gasteiger partial charge < -0.3 is 10.1 Å². The van der Waals surface area contributed by atoms with Crippen LogP contribution >= 0.6 is 0 Å².